The summed E-state index contributed by atoms with van der Waals surface area (Å²) < 4.78 is 22.9. The molecule has 0 bridgehead atoms. The van der Waals surface area contributed by atoms with E-state index in [1.807, 2.05) is 0 Å². The lowest BCUT2D eigenvalue weighted by atomic mass is 9.97. The van der Waals surface area contributed by atoms with Crippen LogP contribution < -0.4 is 5.32 Å². The molecule has 2 fully saturated rings. The first-order valence-electron chi connectivity index (χ1n) is 32.3. The van der Waals surface area contributed by atoms with Crippen molar-refractivity contribution >= 4 is 5.91 Å². The molecule has 12 atom stereocenters. The number of aliphatic hydroxyl groups is 8. The third kappa shape index (κ3) is 33.7. The Hall–Kier alpha value is -1.01. The van der Waals surface area contributed by atoms with Gasteiger partial charge in [0, 0.05) is 6.42 Å². The molecule has 2 aliphatic rings. The van der Waals surface area contributed by atoms with Crippen molar-refractivity contribution in [3.63, 3.8) is 0 Å². The normalized spacial score (nSPS) is 24.8. The van der Waals surface area contributed by atoms with Gasteiger partial charge in [0.1, 0.15) is 48.8 Å². The molecule has 2 aliphatic heterocycles. The van der Waals surface area contributed by atoms with Crippen LogP contribution in [0.5, 0.6) is 0 Å². The highest BCUT2D eigenvalue weighted by Crippen LogP contribution is 2.30. The smallest absolute Gasteiger partial charge is 0.220 e. The molecule has 0 radical (unpaired) electrons. The van der Waals surface area contributed by atoms with Crippen molar-refractivity contribution in [1.82, 2.24) is 5.32 Å². The van der Waals surface area contributed by atoms with E-state index >= 15 is 0 Å². The van der Waals surface area contributed by atoms with E-state index < -0.39 is 86.8 Å². The van der Waals surface area contributed by atoms with Crippen LogP contribution in [0.2, 0.25) is 0 Å². The minimum atomic E-state index is -1.78. The maximum atomic E-state index is 13.3. The summed E-state index contributed by atoms with van der Waals surface area (Å²) in [6, 6.07) is -0.823. The van der Waals surface area contributed by atoms with E-state index in [-0.39, 0.29) is 12.5 Å². The van der Waals surface area contributed by atoms with Crippen LogP contribution >= 0.6 is 0 Å². The number of ether oxygens (including phenoxy) is 4. The maximum absolute atomic E-state index is 13.3. The summed E-state index contributed by atoms with van der Waals surface area (Å²) >= 11 is 0. The van der Waals surface area contributed by atoms with Gasteiger partial charge in [-0.05, 0) is 12.8 Å². The molecule has 0 aromatic carbocycles. The van der Waals surface area contributed by atoms with Gasteiger partial charge in [-0.25, -0.2) is 0 Å². The van der Waals surface area contributed by atoms with Crippen LogP contribution in [-0.4, -0.2) is 140 Å². The number of aliphatic hydroxyl groups excluding tert-OH is 8. The zero-order valence-electron chi connectivity index (χ0n) is 48.8. The minimum absolute atomic E-state index is 0.199. The van der Waals surface area contributed by atoms with Crippen molar-refractivity contribution in [2.24, 2.45) is 0 Å². The van der Waals surface area contributed by atoms with Crippen molar-refractivity contribution in [2.45, 2.75) is 370 Å². The molecule has 2 saturated heterocycles. The molecule has 2 heterocycles. The number of amides is 1. The Balaban J connectivity index is 1.71. The Morgan fingerprint density at radius 3 is 1.12 bits per heavy atom. The number of nitrogens with one attached hydrogen (secondary N) is 1. The van der Waals surface area contributed by atoms with Crippen LogP contribution in [-0.2, 0) is 23.7 Å². The van der Waals surface area contributed by atoms with Crippen LogP contribution in [0.3, 0.4) is 0 Å². The molecule has 0 aliphatic carbocycles. The fourth-order valence-corrected chi connectivity index (χ4v) is 11.1. The summed E-state index contributed by atoms with van der Waals surface area (Å²) in [6.07, 6.45) is 38.2. The van der Waals surface area contributed by atoms with E-state index in [2.05, 4.69) is 19.2 Å². The van der Waals surface area contributed by atoms with Crippen LogP contribution in [0.15, 0.2) is 0 Å². The Morgan fingerprint density at radius 1 is 0.421 bits per heavy atom. The van der Waals surface area contributed by atoms with Gasteiger partial charge in [0.05, 0.1) is 32.0 Å². The molecule has 14 nitrogen and oxygen atoms in total. The van der Waals surface area contributed by atoms with Gasteiger partial charge in [-0.15, -0.1) is 0 Å². The van der Waals surface area contributed by atoms with E-state index in [9.17, 15) is 45.6 Å². The second kappa shape index (κ2) is 48.7. The van der Waals surface area contributed by atoms with Gasteiger partial charge in [0.25, 0.3) is 0 Å². The van der Waals surface area contributed by atoms with Crippen molar-refractivity contribution in [1.29, 1.82) is 0 Å². The van der Waals surface area contributed by atoms with Crippen molar-refractivity contribution < 1.29 is 64.6 Å². The summed E-state index contributed by atoms with van der Waals surface area (Å²) in [6.45, 7) is 2.92. The van der Waals surface area contributed by atoms with Crippen LogP contribution in [0.25, 0.3) is 0 Å². The van der Waals surface area contributed by atoms with Crippen LogP contribution in [0.1, 0.15) is 296 Å². The number of hydrogen-bond donors (Lipinski definition) is 9. The van der Waals surface area contributed by atoms with Gasteiger partial charge in [-0.3, -0.25) is 4.79 Å². The lowest BCUT2D eigenvalue weighted by Gasteiger charge is -2.46. The molecular weight excluding hydrogens is 967 g/mol. The molecule has 0 aromatic heterocycles. The molecule has 12 unspecified atom stereocenters. The number of unbranched alkanes of at least 4 members (excludes halogenated alkanes) is 40. The van der Waals surface area contributed by atoms with Gasteiger partial charge in [0.15, 0.2) is 12.6 Å². The first kappa shape index (κ1) is 71.1. The first-order valence-corrected chi connectivity index (χ1v) is 32.3. The third-order valence-corrected chi connectivity index (χ3v) is 16.3. The summed E-state index contributed by atoms with van der Waals surface area (Å²) in [5.41, 5.74) is 0. The molecule has 14 heteroatoms. The molecular formula is C62H121NO13. The van der Waals surface area contributed by atoms with Gasteiger partial charge in [0.2, 0.25) is 5.91 Å². The van der Waals surface area contributed by atoms with E-state index in [1.54, 1.807) is 0 Å². The predicted octanol–water partition coefficient (Wildman–Crippen LogP) is 11.7. The van der Waals surface area contributed by atoms with Crippen molar-refractivity contribution in [3.05, 3.63) is 0 Å². The van der Waals surface area contributed by atoms with E-state index in [0.717, 1.165) is 51.4 Å². The average molecular weight is 1090 g/mol. The highest BCUT2D eigenvalue weighted by Gasteiger charge is 2.51. The summed E-state index contributed by atoms with van der Waals surface area (Å²) in [5.74, 6) is -0.199. The number of rotatable bonds is 53. The molecule has 1 amide bonds. The van der Waals surface area contributed by atoms with Crippen molar-refractivity contribution in [2.75, 3.05) is 19.8 Å². The topological polar surface area (TPSA) is 228 Å². The fraction of sp³-hybridized carbons (Fsp3) is 0.984. The molecule has 0 saturated carbocycles. The van der Waals surface area contributed by atoms with E-state index in [4.69, 9.17) is 18.9 Å². The van der Waals surface area contributed by atoms with Gasteiger partial charge >= 0.3 is 0 Å². The molecule has 9 N–H and O–H groups in total. The van der Waals surface area contributed by atoms with Gasteiger partial charge < -0.3 is 65.1 Å². The quantitative estimate of drug-likeness (QED) is 0.0259. The highest BCUT2D eigenvalue weighted by molar-refractivity contribution is 5.76. The van der Waals surface area contributed by atoms with E-state index in [0.29, 0.717) is 12.8 Å². The monoisotopic (exact) mass is 1090 g/mol. The second-order valence-corrected chi connectivity index (χ2v) is 23.3. The summed E-state index contributed by atoms with van der Waals surface area (Å²) in [5, 5.41) is 87.4. The van der Waals surface area contributed by atoms with Gasteiger partial charge in [-0.2, -0.15) is 0 Å². The Labute approximate surface area is 464 Å². The highest BCUT2D eigenvalue weighted by atomic mass is 16.7. The first-order chi connectivity index (χ1) is 37.1. The Bertz CT molecular complexity index is 1280. The fourth-order valence-electron chi connectivity index (χ4n) is 11.1. The second-order valence-electron chi connectivity index (χ2n) is 23.3. The average Bonchev–Trinajstić information content (AvgIpc) is 3.42. The van der Waals surface area contributed by atoms with Gasteiger partial charge in [-0.1, -0.05) is 277 Å². The molecule has 2 rings (SSSR count). The van der Waals surface area contributed by atoms with E-state index in [1.165, 1.54) is 218 Å². The molecule has 0 spiro atoms. The summed E-state index contributed by atoms with van der Waals surface area (Å²) in [7, 11) is 0. The molecule has 0 aromatic rings. The zero-order chi connectivity index (χ0) is 55.3. The lowest BCUT2D eigenvalue weighted by molar-refractivity contribution is -0.359. The predicted molar refractivity (Wildman–Crippen MR) is 305 cm³/mol. The molecule has 452 valence electrons. The number of hydrogen-bond acceptors (Lipinski definition) is 13. The zero-order valence-corrected chi connectivity index (χ0v) is 48.8. The lowest BCUT2D eigenvalue weighted by Crippen LogP contribution is -2.65. The van der Waals surface area contributed by atoms with Crippen LogP contribution in [0, 0.1) is 0 Å². The molecule has 76 heavy (non-hydrogen) atoms. The van der Waals surface area contributed by atoms with Crippen molar-refractivity contribution in [3.8, 4) is 0 Å². The minimum Gasteiger partial charge on any atom is -0.394 e. The number of carbonyl (C=O) groups excluding carboxylic acids is 1. The SMILES string of the molecule is CCCCCCCCCCCCCCCCCCCCCCCCC(O)C(COC1OC(CO)C(OC2OC(CO)C(O)C(O)C2O)C(O)C1O)NC(=O)CCCCCCCCCCCCCCCCCCCCCC. The Kier molecular flexibility index (Phi) is 45.5. The maximum Gasteiger partial charge on any atom is 0.220 e. The largest absolute Gasteiger partial charge is 0.394 e. The summed E-state index contributed by atoms with van der Waals surface area (Å²) in [4.78, 5) is 13.3. The van der Waals surface area contributed by atoms with Crippen LogP contribution in [0.4, 0.5) is 0 Å². The third-order valence-electron chi connectivity index (χ3n) is 16.3. The Morgan fingerprint density at radius 2 is 0.750 bits per heavy atom. The number of carbonyl (C=O) groups is 1. The standard InChI is InChI=1S/C62H121NO13/c1-3-5-7-9-11-13-15-17-19-21-23-25-26-27-29-31-33-35-37-39-41-43-45-51(66)50(63-54(67)46-44-42-40-38-36-34-32-30-28-24-22-20-18-16-14-12-10-8-6-4-2)49-73-61-59(72)57(70)60(53(48-65)75-61)76-62-58(71)56(69)55(68)52(47-64)74-62/h50-53,55-62,64-66,68-72H,3-49H2,1-2H3,(H,63,67).